The van der Waals surface area contributed by atoms with Gasteiger partial charge in [-0.3, -0.25) is 4.79 Å². The molecule has 0 aliphatic carbocycles. The minimum atomic E-state index is -0.479. The molecular weight excluding hydrogens is 493 g/mol. The summed E-state index contributed by atoms with van der Waals surface area (Å²) in [4.78, 5) is 15.9. The quantitative estimate of drug-likeness (QED) is 0.193. The Morgan fingerprint density at radius 2 is 1.95 bits per heavy atom. The predicted molar refractivity (Wildman–Crippen MR) is 142 cm³/mol. The molecule has 0 fully saturated rings. The third-order valence-electron chi connectivity index (χ3n) is 5.66. The number of carbonyl (C=O) groups excluding carboxylic acids is 1. The summed E-state index contributed by atoms with van der Waals surface area (Å²) in [6, 6.07) is 19.1. The van der Waals surface area contributed by atoms with E-state index in [1.807, 2.05) is 43.5 Å². The second-order valence-corrected chi connectivity index (χ2v) is 8.62. The summed E-state index contributed by atoms with van der Waals surface area (Å²) in [5.74, 6) is -0.108. The molecule has 8 heteroatoms. The smallest absolute Gasteiger partial charge is 0.261 e. The average Bonchev–Trinajstić information content (AvgIpc) is 3.31. The SMILES string of the molecule is CCOc1cc(/C=C(/C#N)C(=O)NCCc2c[nH]c3ccccc23)cc(Cl)c1OCc1ccc(F)cc1. The van der Waals surface area contributed by atoms with Crippen molar-refractivity contribution in [3.05, 3.63) is 100.0 Å². The van der Waals surface area contributed by atoms with E-state index in [1.54, 1.807) is 24.3 Å². The Hall–Kier alpha value is -4.28. The molecule has 188 valence electrons. The van der Waals surface area contributed by atoms with Crippen LogP contribution in [0.4, 0.5) is 4.39 Å². The minimum absolute atomic E-state index is 0.0579. The van der Waals surface area contributed by atoms with E-state index in [0.29, 0.717) is 36.6 Å². The van der Waals surface area contributed by atoms with Crippen LogP contribution in [0.15, 0.2) is 72.4 Å². The molecule has 0 saturated heterocycles. The standard InChI is InChI=1S/C29H25ClFN3O3/c1-2-36-27-15-20(14-25(30)28(27)37-18-19-7-9-23(31)10-8-19)13-22(16-32)29(35)33-12-11-21-17-34-26-6-4-3-5-24(21)26/h3-10,13-15,17,34H,2,11-12,18H2,1H3,(H,33,35)/b22-13-. The van der Waals surface area contributed by atoms with Gasteiger partial charge in [0, 0.05) is 23.6 Å². The Labute approximate surface area is 219 Å². The molecule has 3 aromatic carbocycles. The Bertz CT molecular complexity index is 1470. The van der Waals surface area contributed by atoms with Gasteiger partial charge < -0.3 is 19.8 Å². The highest BCUT2D eigenvalue weighted by Gasteiger charge is 2.15. The molecule has 0 radical (unpaired) electrons. The van der Waals surface area contributed by atoms with Gasteiger partial charge in [0.05, 0.1) is 11.6 Å². The van der Waals surface area contributed by atoms with E-state index in [1.165, 1.54) is 18.2 Å². The van der Waals surface area contributed by atoms with Gasteiger partial charge in [-0.15, -0.1) is 0 Å². The number of halogens is 2. The second kappa shape index (κ2) is 12.1. The minimum Gasteiger partial charge on any atom is -0.490 e. The van der Waals surface area contributed by atoms with E-state index in [9.17, 15) is 14.4 Å². The number of nitrogens with zero attached hydrogens (tertiary/aromatic N) is 1. The number of ether oxygens (including phenoxy) is 2. The zero-order valence-electron chi connectivity index (χ0n) is 20.2. The molecule has 6 nitrogen and oxygen atoms in total. The number of rotatable bonds is 10. The molecule has 0 spiro atoms. The zero-order chi connectivity index (χ0) is 26.2. The topological polar surface area (TPSA) is 87.1 Å². The van der Waals surface area contributed by atoms with Gasteiger partial charge in [-0.2, -0.15) is 5.26 Å². The van der Waals surface area contributed by atoms with Crippen LogP contribution in [0.5, 0.6) is 11.5 Å². The highest BCUT2D eigenvalue weighted by Crippen LogP contribution is 2.38. The number of aromatic nitrogens is 1. The number of fused-ring (bicyclic) bond motifs is 1. The van der Waals surface area contributed by atoms with Gasteiger partial charge in [-0.1, -0.05) is 41.9 Å². The number of hydrogen-bond acceptors (Lipinski definition) is 4. The number of H-pyrrole nitrogens is 1. The largest absolute Gasteiger partial charge is 0.490 e. The van der Waals surface area contributed by atoms with Gasteiger partial charge in [0.2, 0.25) is 0 Å². The fraction of sp³-hybridized carbons (Fsp3) is 0.172. The van der Waals surface area contributed by atoms with Crippen molar-refractivity contribution >= 4 is 34.5 Å². The Morgan fingerprint density at radius 3 is 2.70 bits per heavy atom. The summed E-state index contributed by atoms with van der Waals surface area (Å²) in [7, 11) is 0. The van der Waals surface area contributed by atoms with E-state index in [2.05, 4.69) is 10.3 Å². The van der Waals surface area contributed by atoms with Crippen molar-refractivity contribution < 1.29 is 18.7 Å². The average molecular weight is 518 g/mol. The van der Waals surface area contributed by atoms with E-state index in [0.717, 1.165) is 22.0 Å². The number of hydrogen-bond donors (Lipinski definition) is 2. The van der Waals surface area contributed by atoms with Gasteiger partial charge in [0.1, 0.15) is 24.1 Å². The molecule has 0 unspecified atom stereocenters. The number of amides is 1. The molecule has 37 heavy (non-hydrogen) atoms. The highest BCUT2D eigenvalue weighted by atomic mass is 35.5. The third-order valence-corrected chi connectivity index (χ3v) is 5.94. The highest BCUT2D eigenvalue weighted by molar-refractivity contribution is 6.32. The number of para-hydroxylation sites is 1. The molecule has 4 aromatic rings. The van der Waals surface area contributed by atoms with Crippen LogP contribution in [0.25, 0.3) is 17.0 Å². The monoisotopic (exact) mass is 517 g/mol. The van der Waals surface area contributed by atoms with Crippen LogP contribution in [-0.4, -0.2) is 24.0 Å². The van der Waals surface area contributed by atoms with Gasteiger partial charge in [-0.25, -0.2) is 4.39 Å². The molecule has 1 amide bonds. The lowest BCUT2D eigenvalue weighted by Crippen LogP contribution is -2.26. The third kappa shape index (κ3) is 6.49. The van der Waals surface area contributed by atoms with Crippen LogP contribution in [0.1, 0.15) is 23.6 Å². The number of benzene rings is 3. The van der Waals surface area contributed by atoms with Gasteiger partial charge in [-0.05, 0) is 66.4 Å². The molecule has 1 aromatic heterocycles. The molecule has 1 heterocycles. The van der Waals surface area contributed by atoms with E-state index in [4.69, 9.17) is 21.1 Å². The maximum absolute atomic E-state index is 13.2. The summed E-state index contributed by atoms with van der Waals surface area (Å²) < 4.78 is 24.7. The maximum atomic E-state index is 13.2. The molecule has 4 rings (SSSR count). The van der Waals surface area contributed by atoms with E-state index in [-0.39, 0.29) is 23.0 Å². The van der Waals surface area contributed by atoms with Crippen molar-refractivity contribution in [3.63, 3.8) is 0 Å². The molecule has 0 aliphatic rings. The van der Waals surface area contributed by atoms with Crippen molar-refractivity contribution in [3.8, 4) is 17.6 Å². The Morgan fingerprint density at radius 1 is 1.16 bits per heavy atom. The zero-order valence-corrected chi connectivity index (χ0v) is 20.9. The van der Waals surface area contributed by atoms with Crippen molar-refractivity contribution in [1.29, 1.82) is 5.26 Å². The maximum Gasteiger partial charge on any atom is 0.261 e. The molecule has 0 bridgehead atoms. The van der Waals surface area contributed by atoms with Crippen LogP contribution in [0.3, 0.4) is 0 Å². The fourth-order valence-electron chi connectivity index (χ4n) is 3.87. The molecule has 0 atom stereocenters. The summed E-state index contributed by atoms with van der Waals surface area (Å²) in [5.41, 5.74) is 3.35. The predicted octanol–water partition coefficient (Wildman–Crippen LogP) is 6.20. The number of nitriles is 1. The van der Waals surface area contributed by atoms with Crippen LogP contribution in [0.2, 0.25) is 5.02 Å². The first-order valence-corrected chi connectivity index (χ1v) is 12.1. The van der Waals surface area contributed by atoms with Crippen LogP contribution in [-0.2, 0) is 17.8 Å². The summed E-state index contributed by atoms with van der Waals surface area (Å²) in [6.07, 6.45) is 4.00. The number of aromatic amines is 1. The van der Waals surface area contributed by atoms with Crippen molar-refractivity contribution in [2.45, 2.75) is 20.0 Å². The van der Waals surface area contributed by atoms with Gasteiger partial charge in [0.25, 0.3) is 5.91 Å². The molecule has 2 N–H and O–H groups in total. The lowest BCUT2D eigenvalue weighted by atomic mass is 10.1. The second-order valence-electron chi connectivity index (χ2n) is 8.21. The fourth-order valence-corrected chi connectivity index (χ4v) is 4.14. The summed E-state index contributed by atoms with van der Waals surface area (Å²) >= 11 is 6.48. The van der Waals surface area contributed by atoms with Crippen molar-refractivity contribution in [2.24, 2.45) is 0 Å². The first kappa shape index (κ1) is 25.8. The lowest BCUT2D eigenvalue weighted by molar-refractivity contribution is -0.117. The van der Waals surface area contributed by atoms with Crippen molar-refractivity contribution in [2.75, 3.05) is 13.2 Å². The normalized spacial score (nSPS) is 11.2. The van der Waals surface area contributed by atoms with E-state index < -0.39 is 5.91 Å². The van der Waals surface area contributed by atoms with E-state index >= 15 is 0 Å². The van der Waals surface area contributed by atoms with Crippen LogP contribution < -0.4 is 14.8 Å². The Balaban J connectivity index is 1.45. The molecule has 0 saturated carbocycles. The molecular formula is C29H25ClFN3O3. The van der Waals surface area contributed by atoms with Crippen molar-refractivity contribution in [1.82, 2.24) is 10.3 Å². The van der Waals surface area contributed by atoms with Crippen LogP contribution in [0, 0.1) is 17.1 Å². The van der Waals surface area contributed by atoms with Gasteiger partial charge >= 0.3 is 0 Å². The lowest BCUT2D eigenvalue weighted by Gasteiger charge is -2.15. The van der Waals surface area contributed by atoms with Crippen LogP contribution >= 0.6 is 11.6 Å². The molecule has 0 aliphatic heterocycles. The Kier molecular flexibility index (Phi) is 8.44. The number of nitrogens with one attached hydrogen (secondary N) is 2. The van der Waals surface area contributed by atoms with Gasteiger partial charge in [0.15, 0.2) is 11.5 Å². The summed E-state index contributed by atoms with van der Waals surface area (Å²) in [6.45, 7) is 2.72. The first-order valence-electron chi connectivity index (χ1n) is 11.8. The summed E-state index contributed by atoms with van der Waals surface area (Å²) in [5, 5.41) is 13.8. The number of carbonyl (C=O) groups is 1. The first-order chi connectivity index (χ1) is 18.0.